The average Bonchev–Trinajstić information content (AvgIpc) is 2.15. The van der Waals surface area contributed by atoms with E-state index in [9.17, 15) is 4.79 Å². The maximum Gasteiger partial charge on any atom is 0.374 e. The second-order valence-corrected chi connectivity index (χ2v) is 4.38. The van der Waals surface area contributed by atoms with E-state index in [1.807, 2.05) is 30.3 Å². The van der Waals surface area contributed by atoms with Crippen LogP contribution in [0.4, 0.5) is 4.79 Å². The molecular formula is C9H8O2S3. The minimum atomic E-state index is -0.422. The van der Waals surface area contributed by atoms with Crippen molar-refractivity contribution in [1.29, 1.82) is 0 Å². The lowest BCUT2D eigenvalue weighted by atomic mass is 10.2. The van der Waals surface area contributed by atoms with Gasteiger partial charge in [-0.25, -0.2) is 4.79 Å². The molecule has 14 heavy (non-hydrogen) atoms. The zero-order valence-corrected chi connectivity index (χ0v) is 9.70. The molecule has 1 rings (SSSR count). The summed E-state index contributed by atoms with van der Waals surface area (Å²) in [7, 11) is 0. The van der Waals surface area contributed by atoms with E-state index in [-0.39, 0.29) is 4.38 Å². The van der Waals surface area contributed by atoms with E-state index in [2.05, 4.69) is 29.6 Å². The van der Waals surface area contributed by atoms with Gasteiger partial charge in [-0.3, -0.25) is 0 Å². The van der Waals surface area contributed by atoms with Crippen molar-refractivity contribution < 1.29 is 9.53 Å². The number of benzene rings is 1. The Morgan fingerprint density at radius 3 is 2.64 bits per heavy atom. The molecule has 0 bridgehead atoms. The lowest BCUT2D eigenvalue weighted by Crippen LogP contribution is -1.99. The largest absolute Gasteiger partial charge is 0.400 e. The van der Waals surface area contributed by atoms with Gasteiger partial charge in [-0.05, 0) is 29.5 Å². The van der Waals surface area contributed by atoms with Crippen LogP contribution >= 0.6 is 36.6 Å². The Kier molecular flexibility index (Phi) is 5.00. The van der Waals surface area contributed by atoms with Crippen LogP contribution in [0, 0.1) is 0 Å². The Morgan fingerprint density at radius 1 is 1.43 bits per heavy atom. The molecule has 0 aliphatic heterocycles. The molecule has 0 aliphatic rings. The van der Waals surface area contributed by atoms with Crippen LogP contribution in [-0.4, -0.2) is 9.68 Å². The molecule has 0 atom stereocenters. The maximum absolute atomic E-state index is 11.0. The van der Waals surface area contributed by atoms with Gasteiger partial charge in [0.25, 0.3) is 0 Å². The first-order chi connectivity index (χ1) is 6.68. The number of hydrogen-bond donors (Lipinski definition) is 1. The molecule has 0 radical (unpaired) electrons. The standard InChI is InChI=1S/C9H8O2S3/c10-8(11-9(12)13)14-6-7-4-2-1-3-5-7/h1-5H,6H2,(H,12,13). The lowest BCUT2D eigenvalue weighted by molar-refractivity contribution is 0.227. The van der Waals surface area contributed by atoms with Crippen molar-refractivity contribution in [2.45, 2.75) is 5.75 Å². The Bertz CT molecular complexity index is 324. The molecule has 0 aromatic heterocycles. The third kappa shape index (κ3) is 4.64. The molecule has 0 heterocycles. The Hall–Kier alpha value is -0.520. The Labute approximate surface area is 97.4 Å². The second kappa shape index (κ2) is 6.06. The van der Waals surface area contributed by atoms with E-state index >= 15 is 0 Å². The second-order valence-electron chi connectivity index (χ2n) is 2.39. The minimum Gasteiger partial charge on any atom is -0.400 e. The average molecular weight is 244 g/mol. The van der Waals surface area contributed by atoms with Crippen molar-refractivity contribution in [3.05, 3.63) is 35.9 Å². The van der Waals surface area contributed by atoms with Crippen molar-refractivity contribution in [1.82, 2.24) is 0 Å². The molecule has 0 saturated heterocycles. The van der Waals surface area contributed by atoms with Crippen LogP contribution < -0.4 is 0 Å². The number of thiol groups is 1. The number of thiocarbonyl (C=S) groups is 1. The van der Waals surface area contributed by atoms with Gasteiger partial charge in [-0.2, -0.15) is 0 Å². The van der Waals surface area contributed by atoms with Crippen molar-refractivity contribution in [2.75, 3.05) is 0 Å². The summed E-state index contributed by atoms with van der Waals surface area (Å²) in [6.07, 6.45) is 0. The summed E-state index contributed by atoms with van der Waals surface area (Å²) in [5.74, 6) is 0.579. The van der Waals surface area contributed by atoms with E-state index in [0.29, 0.717) is 5.75 Å². The van der Waals surface area contributed by atoms with Crippen LogP contribution in [-0.2, 0) is 10.5 Å². The van der Waals surface area contributed by atoms with Gasteiger partial charge in [-0.1, -0.05) is 43.0 Å². The first kappa shape index (κ1) is 11.6. The van der Waals surface area contributed by atoms with Gasteiger partial charge in [0.2, 0.25) is 4.38 Å². The monoisotopic (exact) mass is 244 g/mol. The molecule has 0 N–H and O–H groups in total. The number of carbonyl (C=O) groups excluding carboxylic acids is 1. The first-order valence-corrected chi connectivity index (χ1v) is 5.64. The number of carbonyl (C=O) groups is 1. The zero-order chi connectivity index (χ0) is 10.4. The smallest absolute Gasteiger partial charge is 0.374 e. The van der Waals surface area contributed by atoms with E-state index in [1.54, 1.807) is 0 Å². The van der Waals surface area contributed by atoms with E-state index in [0.717, 1.165) is 17.3 Å². The predicted molar refractivity (Wildman–Crippen MR) is 65.8 cm³/mol. The van der Waals surface area contributed by atoms with Crippen LogP contribution in [0.1, 0.15) is 5.56 Å². The summed E-state index contributed by atoms with van der Waals surface area (Å²) in [4.78, 5) is 11.0. The molecule has 0 fully saturated rings. The summed E-state index contributed by atoms with van der Waals surface area (Å²) in [5, 5.41) is -0.422. The van der Waals surface area contributed by atoms with Gasteiger partial charge in [-0.15, -0.1) is 0 Å². The summed E-state index contributed by atoms with van der Waals surface area (Å²) in [6.45, 7) is 0. The van der Waals surface area contributed by atoms with Crippen LogP contribution in [0.2, 0.25) is 0 Å². The number of thioether (sulfide) groups is 1. The van der Waals surface area contributed by atoms with Crippen molar-refractivity contribution in [2.24, 2.45) is 0 Å². The number of ether oxygens (including phenoxy) is 1. The highest BCUT2D eigenvalue weighted by molar-refractivity contribution is 8.13. The molecule has 0 aliphatic carbocycles. The minimum absolute atomic E-state index is 0.0458. The van der Waals surface area contributed by atoms with Crippen LogP contribution in [0.15, 0.2) is 30.3 Å². The van der Waals surface area contributed by atoms with Crippen LogP contribution in [0.25, 0.3) is 0 Å². The fourth-order valence-corrected chi connectivity index (χ4v) is 1.71. The van der Waals surface area contributed by atoms with E-state index in [4.69, 9.17) is 0 Å². The molecule has 5 heteroatoms. The molecule has 0 unspecified atom stereocenters. The lowest BCUT2D eigenvalue weighted by Gasteiger charge is -2.00. The highest BCUT2D eigenvalue weighted by Crippen LogP contribution is 2.14. The maximum atomic E-state index is 11.0. The Morgan fingerprint density at radius 2 is 2.07 bits per heavy atom. The van der Waals surface area contributed by atoms with Crippen molar-refractivity contribution in [3.8, 4) is 0 Å². The summed E-state index contributed by atoms with van der Waals surface area (Å²) < 4.78 is 4.55. The highest BCUT2D eigenvalue weighted by atomic mass is 32.2. The Balaban J connectivity index is 2.34. The quantitative estimate of drug-likeness (QED) is 0.490. The summed E-state index contributed by atoms with van der Waals surface area (Å²) >= 11 is 9.26. The molecule has 1 aromatic carbocycles. The molecule has 0 amide bonds. The van der Waals surface area contributed by atoms with Gasteiger partial charge in [0.1, 0.15) is 0 Å². The van der Waals surface area contributed by atoms with Crippen molar-refractivity contribution >= 4 is 46.3 Å². The van der Waals surface area contributed by atoms with Crippen molar-refractivity contribution in [3.63, 3.8) is 0 Å². The molecule has 2 nitrogen and oxygen atoms in total. The SMILES string of the molecule is O=C(OC(=S)S)SCc1ccccc1. The zero-order valence-electron chi connectivity index (χ0n) is 7.17. The van der Waals surface area contributed by atoms with E-state index < -0.39 is 5.30 Å². The first-order valence-electron chi connectivity index (χ1n) is 3.80. The molecule has 0 spiro atoms. The fraction of sp³-hybridized carbons (Fsp3) is 0.111. The van der Waals surface area contributed by atoms with Gasteiger partial charge in [0.15, 0.2) is 0 Å². The van der Waals surface area contributed by atoms with Gasteiger partial charge in [0.05, 0.1) is 0 Å². The molecule has 1 aromatic rings. The van der Waals surface area contributed by atoms with Crippen LogP contribution in [0.3, 0.4) is 0 Å². The van der Waals surface area contributed by atoms with Gasteiger partial charge < -0.3 is 4.74 Å². The van der Waals surface area contributed by atoms with Gasteiger partial charge >= 0.3 is 5.30 Å². The predicted octanol–water partition coefficient (Wildman–Crippen LogP) is 3.27. The van der Waals surface area contributed by atoms with Gasteiger partial charge in [0, 0.05) is 5.75 Å². The fourth-order valence-electron chi connectivity index (χ4n) is 0.817. The highest BCUT2D eigenvalue weighted by Gasteiger charge is 2.05. The summed E-state index contributed by atoms with van der Waals surface area (Å²) in [5.41, 5.74) is 1.07. The molecule has 74 valence electrons. The summed E-state index contributed by atoms with van der Waals surface area (Å²) in [6, 6.07) is 9.66. The topological polar surface area (TPSA) is 26.3 Å². The molecular weight excluding hydrogens is 236 g/mol. The number of hydrogen-bond acceptors (Lipinski definition) is 4. The molecule has 0 saturated carbocycles. The number of rotatable bonds is 2. The third-order valence-electron chi connectivity index (χ3n) is 1.37. The van der Waals surface area contributed by atoms with E-state index in [1.165, 1.54) is 0 Å². The normalized spacial score (nSPS) is 9.50. The third-order valence-corrected chi connectivity index (χ3v) is 2.34. The van der Waals surface area contributed by atoms with Crippen LogP contribution in [0.5, 0.6) is 0 Å².